The van der Waals surface area contributed by atoms with Gasteiger partial charge < -0.3 is 10.5 Å². The highest BCUT2D eigenvalue weighted by Gasteiger charge is 2.04. The fourth-order valence-corrected chi connectivity index (χ4v) is 2.31. The Balaban J connectivity index is 1.81. The van der Waals surface area contributed by atoms with Crippen LogP contribution in [0.25, 0.3) is 11.1 Å². The third kappa shape index (κ3) is 3.33. The van der Waals surface area contributed by atoms with Crippen LogP contribution in [0.3, 0.4) is 0 Å². The van der Waals surface area contributed by atoms with Gasteiger partial charge in [-0.3, -0.25) is 0 Å². The molecule has 0 amide bonds. The molecule has 3 aromatic rings. The molecule has 0 saturated heterocycles. The maximum atomic E-state index is 8.84. The van der Waals surface area contributed by atoms with Crippen LogP contribution in [0.2, 0.25) is 0 Å². The minimum Gasteiger partial charge on any atom is -0.455 e. The molecule has 0 aliphatic heterocycles. The Hall–Kier alpha value is -3.25. The number of nitrogen functional groups attached to an aromatic ring is 1. The first-order valence-electron chi connectivity index (χ1n) is 7.30. The maximum Gasteiger partial charge on any atom is 0.150 e. The van der Waals surface area contributed by atoms with Crippen LogP contribution in [-0.2, 0) is 0 Å². The molecule has 0 bridgehead atoms. The van der Waals surface area contributed by atoms with E-state index in [0.717, 1.165) is 22.4 Å². The lowest BCUT2D eigenvalue weighted by Gasteiger charge is -2.10. The summed E-state index contributed by atoms with van der Waals surface area (Å²) in [4.78, 5) is 0. The van der Waals surface area contributed by atoms with Crippen molar-refractivity contribution in [2.24, 2.45) is 0 Å². The third-order valence-electron chi connectivity index (χ3n) is 3.60. The maximum absolute atomic E-state index is 8.84. The number of benzene rings is 3. The number of aryl methyl sites for hydroxylation is 1. The molecule has 0 saturated carbocycles. The lowest BCUT2D eigenvalue weighted by Crippen LogP contribution is -1.92. The molecule has 112 valence electrons. The largest absolute Gasteiger partial charge is 0.455 e. The van der Waals surface area contributed by atoms with Crippen LogP contribution in [0.5, 0.6) is 11.5 Å². The smallest absolute Gasteiger partial charge is 0.150 e. The monoisotopic (exact) mass is 300 g/mol. The molecular formula is C20H16N2O. The van der Waals surface area contributed by atoms with E-state index in [1.807, 2.05) is 73.7 Å². The second kappa shape index (κ2) is 6.25. The molecule has 0 unspecified atom stereocenters. The predicted octanol–water partition coefficient (Wildman–Crippen LogP) is 4.91. The van der Waals surface area contributed by atoms with Crippen LogP contribution in [0, 0.1) is 18.3 Å². The number of nitrogens with two attached hydrogens (primary N) is 1. The second-order valence-electron chi connectivity index (χ2n) is 5.36. The second-order valence-corrected chi connectivity index (χ2v) is 5.36. The summed E-state index contributed by atoms with van der Waals surface area (Å²) in [6.45, 7) is 2.00. The van der Waals surface area contributed by atoms with Crippen LogP contribution >= 0.6 is 0 Å². The highest BCUT2D eigenvalue weighted by Crippen LogP contribution is 2.30. The summed E-state index contributed by atoms with van der Waals surface area (Å²) in [7, 11) is 0. The molecule has 23 heavy (non-hydrogen) atoms. The molecule has 2 N–H and O–H groups in total. The van der Waals surface area contributed by atoms with Crippen molar-refractivity contribution in [3.8, 4) is 28.7 Å². The SMILES string of the molecule is Cc1ccc(N)c(Oc2ccc(-c3ccc(C#N)cc3)cc2)c1. The fourth-order valence-electron chi connectivity index (χ4n) is 2.31. The van der Waals surface area contributed by atoms with Crippen LogP contribution in [0.15, 0.2) is 66.7 Å². The van der Waals surface area contributed by atoms with E-state index in [9.17, 15) is 0 Å². The molecule has 3 aromatic carbocycles. The van der Waals surface area contributed by atoms with Gasteiger partial charge in [-0.25, -0.2) is 0 Å². The van der Waals surface area contributed by atoms with Crippen molar-refractivity contribution < 1.29 is 4.74 Å². The minimum atomic E-state index is 0.617. The van der Waals surface area contributed by atoms with Gasteiger partial charge in [0.15, 0.2) is 5.75 Å². The van der Waals surface area contributed by atoms with E-state index in [1.54, 1.807) is 0 Å². The highest BCUT2D eigenvalue weighted by atomic mass is 16.5. The highest BCUT2D eigenvalue weighted by molar-refractivity contribution is 5.65. The number of ether oxygens (including phenoxy) is 1. The molecule has 0 spiro atoms. The summed E-state index contributed by atoms with van der Waals surface area (Å²) in [6, 6.07) is 23.1. The lowest BCUT2D eigenvalue weighted by atomic mass is 10.0. The van der Waals surface area contributed by atoms with Crippen LogP contribution in [0.1, 0.15) is 11.1 Å². The molecule has 0 atom stereocenters. The molecular weight excluding hydrogens is 284 g/mol. The molecule has 0 aliphatic rings. The third-order valence-corrected chi connectivity index (χ3v) is 3.60. The van der Waals surface area contributed by atoms with E-state index in [1.165, 1.54) is 0 Å². The van der Waals surface area contributed by atoms with Gasteiger partial charge in [0, 0.05) is 0 Å². The van der Waals surface area contributed by atoms with Gasteiger partial charge in [0.05, 0.1) is 17.3 Å². The summed E-state index contributed by atoms with van der Waals surface area (Å²) in [6.07, 6.45) is 0. The van der Waals surface area contributed by atoms with Crippen LogP contribution in [-0.4, -0.2) is 0 Å². The van der Waals surface area contributed by atoms with Gasteiger partial charge in [0.1, 0.15) is 5.75 Å². The van der Waals surface area contributed by atoms with Crippen molar-refractivity contribution in [2.75, 3.05) is 5.73 Å². The molecule has 0 aromatic heterocycles. The number of nitrogens with zero attached hydrogens (tertiary/aromatic N) is 1. The number of hydrogen-bond acceptors (Lipinski definition) is 3. The van der Waals surface area contributed by atoms with Crippen molar-refractivity contribution in [3.63, 3.8) is 0 Å². The van der Waals surface area contributed by atoms with Crippen molar-refractivity contribution in [3.05, 3.63) is 77.9 Å². The Bertz CT molecular complexity index is 860. The number of anilines is 1. The zero-order chi connectivity index (χ0) is 16.2. The van der Waals surface area contributed by atoms with Crippen molar-refractivity contribution in [1.82, 2.24) is 0 Å². The Kier molecular flexibility index (Phi) is 3.99. The van der Waals surface area contributed by atoms with Gasteiger partial charge in [-0.1, -0.05) is 30.3 Å². The standard InChI is InChI=1S/C20H16N2O/c1-14-2-11-19(22)20(12-14)23-18-9-7-17(8-10-18)16-5-3-15(13-21)4-6-16/h2-12H,22H2,1H3. The fraction of sp³-hybridized carbons (Fsp3) is 0.0500. The summed E-state index contributed by atoms with van der Waals surface area (Å²) in [5, 5.41) is 8.84. The summed E-state index contributed by atoms with van der Waals surface area (Å²) in [5.74, 6) is 1.40. The molecule has 0 aliphatic carbocycles. The van der Waals surface area contributed by atoms with E-state index < -0.39 is 0 Å². The number of nitriles is 1. The van der Waals surface area contributed by atoms with Crippen molar-refractivity contribution in [1.29, 1.82) is 5.26 Å². The van der Waals surface area contributed by atoms with E-state index >= 15 is 0 Å². The van der Waals surface area contributed by atoms with Gasteiger partial charge in [-0.2, -0.15) is 5.26 Å². The molecule has 0 heterocycles. The molecule has 3 rings (SSSR count). The predicted molar refractivity (Wildman–Crippen MR) is 92.3 cm³/mol. The molecule has 0 fully saturated rings. The number of hydrogen-bond donors (Lipinski definition) is 1. The normalized spacial score (nSPS) is 10.1. The zero-order valence-electron chi connectivity index (χ0n) is 12.8. The Morgan fingerprint density at radius 1 is 0.870 bits per heavy atom. The number of rotatable bonds is 3. The van der Waals surface area contributed by atoms with E-state index in [-0.39, 0.29) is 0 Å². The average Bonchev–Trinajstić information content (AvgIpc) is 2.59. The Morgan fingerprint density at radius 2 is 1.48 bits per heavy atom. The van der Waals surface area contributed by atoms with Gasteiger partial charge in [-0.05, 0) is 60.0 Å². The van der Waals surface area contributed by atoms with Gasteiger partial charge in [0.25, 0.3) is 0 Å². The summed E-state index contributed by atoms with van der Waals surface area (Å²) in [5.41, 5.74) is 10.4. The summed E-state index contributed by atoms with van der Waals surface area (Å²) < 4.78 is 5.85. The molecule has 0 radical (unpaired) electrons. The zero-order valence-corrected chi connectivity index (χ0v) is 12.8. The summed E-state index contributed by atoms with van der Waals surface area (Å²) >= 11 is 0. The Labute approximate surface area is 135 Å². The molecule has 3 heteroatoms. The Morgan fingerprint density at radius 3 is 2.09 bits per heavy atom. The molecule has 3 nitrogen and oxygen atoms in total. The first kappa shape index (κ1) is 14.7. The van der Waals surface area contributed by atoms with Crippen LogP contribution < -0.4 is 10.5 Å². The first-order valence-corrected chi connectivity index (χ1v) is 7.30. The van der Waals surface area contributed by atoms with Gasteiger partial charge >= 0.3 is 0 Å². The minimum absolute atomic E-state index is 0.617. The topological polar surface area (TPSA) is 59.0 Å². The lowest BCUT2D eigenvalue weighted by molar-refractivity contribution is 0.485. The van der Waals surface area contributed by atoms with Gasteiger partial charge in [0.2, 0.25) is 0 Å². The van der Waals surface area contributed by atoms with Gasteiger partial charge in [-0.15, -0.1) is 0 Å². The van der Waals surface area contributed by atoms with Crippen LogP contribution in [0.4, 0.5) is 5.69 Å². The first-order chi connectivity index (χ1) is 11.2. The van der Waals surface area contributed by atoms with Crippen molar-refractivity contribution in [2.45, 2.75) is 6.92 Å². The van der Waals surface area contributed by atoms with E-state index in [0.29, 0.717) is 17.0 Å². The van der Waals surface area contributed by atoms with E-state index in [2.05, 4.69) is 6.07 Å². The van der Waals surface area contributed by atoms with E-state index in [4.69, 9.17) is 15.7 Å². The van der Waals surface area contributed by atoms with Crippen molar-refractivity contribution >= 4 is 5.69 Å². The average molecular weight is 300 g/mol. The quantitative estimate of drug-likeness (QED) is 0.699.